The van der Waals surface area contributed by atoms with Crippen LogP contribution in [0.2, 0.25) is 0 Å². The number of amides is 1. The molecule has 0 atom stereocenters. The molecule has 6 nitrogen and oxygen atoms in total. The SMILES string of the molecule is COc1cccc(S(=O)(=O)CCN2CCC(CC(N)=O)CC2)c1. The second-order valence-corrected chi connectivity index (χ2v) is 8.06. The monoisotopic (exact) mass is 340 g/mol. The maximum absolute atomic E-state index is 12.4. The molecule has 2 N–H and O–H groups in total. The van der Waals surface area contributed by atoms with Crippen LogP contribution in [0, 0.1) is 5.92 Å². The molecule has 1 heterocycles. The standard InChI is InChI=1S/C16H24N2O4S/c1-22-14-3-2-4-15(12-14)23(20,21)10-9-18-7-5-13(6-8-18)11-16(17)19/h2-4,12-13H,5-11H2,1H3,(H2,17,19). The minimum absolute atomic E-state index is 0.0840. The van der Waals surface area contributed by atoms with Gasteiger partial charge < -0.3 is 15.4 Å². The van der Waals surface area contributed by atoms with Crippen LogP contribution in [0.4, 0.5) is 0 Å². The molecule has 0 aromatic heterocycles. The summed E-state index contributed by atoms with van der Waals surface area (Å²) in [6.45, 7) is 2.12. The summed E-state index contributed by atoms with van der Waals surface area (Å²) in [4.78, 5) is 13.4. The van der Waals surface area contributed by atoms with Crippen molar-refractivity contribution >= 4 is 15.7 Å². The molecule has 1 fully saturated rings. The Hall–Kier alpha value is -1.60. The highest BCUT2D eigenvalue weighted by Gasteiger charge is 2.23. The van der Waals surface area contributed by atoms with Gasteiger partial charge in [-0.1, -0.05) is 6.07 Å². The van der Waals surface area contributed by atoms with Gasteiger partial charge in [0.2, 0.25) is 5.91 Å². The van der Waals surface area contributed by atoms with E-state index in [1.54, 1.807) is 24.3 Å². The molecule has 0 bridgehead atoms. The van der Waals surface area contributed by atoms with Crippen LogP contribution in [0.5, 0.6) is 5.75 Å². The fraction of sp³-hybridized carbons (Fsp3) is 0.562. The van der Waals surface area contributed by atoms with E-state index < -0.39 is 9.84 Å². The topological polar surface area (TPSA) is 89.7 Å². The van der Waals surface area contributed by atoms with Crippen molar-refractivity contribution in [1.82, 2.24) is 4.90 Å². The van der Waals surface area contributed by atoms with E-state index in [0.29, 0.717) is 29.5 Å². The number of methoxy groups -OCH3 is 1. The Bertz CT molecular complexity index is 637. The van der Waals surface area contributed by atoms with Crippen molar-refractivity contribution in [2.24, 2.45) is 11.7 Å². The second-order valence-electron chi connectivity index (χ2n) is 5.95. The highest BCUT2D eigenvalue weighted by atomic mass is 32.2. The lowest BCUT2D eigenvalue weighted by atomic mass is 9.93. The van der Waals surface area contributed by atoms with Crippen molar-refractivity contribution in [3.05, 3.63) is 24.3 Å². The summed E-state index contributed by atoms with van der Waals surface area (Å²) in [5, 5.41) is 0. The van der Waals surface area contributed by atoms with Crippen LogP contribution in [0.3, 0.4) is 0 Å². The van der Waals surface area contributed by atoms with Crippen LogP contribution in [0.25, 0.3) is 0 Å². The van der Waals surface area contributed by atoms with Crippen molar-refractivity contribution in [2.75, 3.05) is 32.5 Å². The predicted molar refractivity (Wildman–Crippen MR) is 88.0 cm³/mol. The number of likely N-dealkylation sites (tertiary alicyclic amines) is 1. The summed E-state index contributed by atoms with van der Waals surface area (Å²) >= 11 is 0. The lowest BCUT2D eigenvalue weighted by Crippen LogP contribution is -2.37. The summed E-state index contributed by atoms with van der Waals surface area (Å²) in [5.41, 5.74) is 5.22. The first-order chi connectivity index (χ1) is 10.9. The zero-order chi connectivity index (χ0) is 16.9. The molecule has 1 aromatic carbocycles. The quantitative estimate of drug-likeness (QED) is 0.801. The smallest absolute Gasteiger partial charge is 0.217 e. The van der Waals surface area contributed by atoms with E-state index in [1.807, 2.05) is 0 Å². The normalized spacial score (nSPS) is 17.1. The van der Waals surface area contributed by atoms with Crippen LogP contribution in [0.1, 0.15) is 19.3 Å². The molecule has 1 aliphatic rings. The number of primary amides is 1. The van der Waals surface area contributed by atoms with Crippen LogP contribution in [-0.4, -0.2) is 51.7 Å². The van der Waals surface area contributed by atoms with Gasteiger partial charge in [-0.25, -0.2) is 8.42 Å². The Morgan fingerprint density at radius 1 is 1.35 bits per heavy atom. The maximum Gasteiger partial charge on any atom is 0.217 e. The number of nitrogens with zero attached hydrogens (tertiary/aromatic N) is 1. The van der Waals surface area contributed by atoms with Gasteiger partial charge in [-0.05, 0) is 50.0 Å². The molecule has 0 radical (unpaired) electrons. The van der Waals surface area contributed by atoms with Crippen LogP contribution < -0.4 is 10.5 Å². The molecule has 0 saturated carbocycles. The van der Waals surface area contributed by atoms with Crippen LogP contribution in [0.15, 0.2) is 29.2 Å². The molecular weight excluding hydrogens is 316 g/mol. The number of benzene rings is 1. The van der Waals surface area contributed by atoms with Crippen molar-refractivity contribution in [3.63, 3.8) is 0 Å². The highest BCUT2D eigenvalue weighted by Crippen LogP contribution is 2.21. The Labute approximate surface area is 137 Å². The van der Waals surface area contributed by atoms with E-state index in [9.17, 15) is 13.2 Å². The first-order valence-corrected chi connectivity index (χ1v) is 9.43. The third-order valence-electron chi connectivity index (χ3n) is 4.27. The van der Waals surface area contributed by atoms with Gasteiger partial charge in [-0.3, -0.25) is 4.79 Å². The molecule has 2 rings (SSSR count). The molecule has 128 valence electrons. The van der Waals surface area contributed by atoms with E-state index in [2.05, 4.69) is 4.90 Å². The summed E-state index contributed by atoms with van der Waals surface area (Å²) in [7, 11) is -1.80. The largest absolute Gasteiger partial charge is 0.497 e. The summed E-state index contributed by atoms with van der Waals surface area (Å²) in [6.07, 6.45) is 2.21. The minimum atomic E-state index is -3.32. The number of rotatable bonds is 7. The molecule has 0 unspecified atom stereocenters. The summed E-state index contributed by atoms with van der Waals surface area (Å²) in [5.74, 6) is 0.696. The zero-order valence-electron chi connectivity index (χ0n) is 13.4. The molecule has 7 heteroatoms. The highest BCUT2D eigenvalue weighted by molar-refractivity contribution is 7.91. The molecule has 1 saturated heterocycles. The predicted octanol–water partition coefficient (Wildman–Crippen LogP) is 1.06. The van der Waals surface area contributed by atoms with Gasteiger partial charge >= 0.3 is 0 Å². The zero-order valence-corrected chi connectivity index (χ0v) is 14.2. The van der Waals surface area contributed by atoms with Gasteiger partial charge in [0.1, 0.15) is 5.75 Å². The fourth-order valence-electron chi connectivity index (χ4n) is 2.86. The van der Waals surface area contributed by atoms with Gasteiger partial charge in [-0.2, -0.15) is 0 Å². The third kappa shape index (κ3) is 5.21. The van der Waals surface area contributed by atoms with Crippen LogP contribution >= 0.6 is 0 Å². The van der Waals surface area contributed by atoms with Gasteiger partial charge in [0.15, 0.2) is 9.84 Å². The lowest BCUT2D eigenvalue weighted by Gasteiger charge is -2.31. The number of hydrogen-bond donors (Lipinski definition) is 1. The molecule has 1 aromatic rings. The van der Waals surface area contributed by atoms with Crippen molar-refractivity contribution in [2.45, 2.75) is 24.2 Å². The van der Waals surface area contributed by atoms with E-state index >= 15 is 0 Å². The molecule has 0 aliphatic carbocycles. The average molecular weight is 340 g/mol. The second kappa shape index (κ2) is 7.79. The summed E-state index contributed by atoms with van der Waals surface area (Å²) in [6, 6.07) is 6.55. The van der Waals surface area contributed by atoms with Crippen molar-refractivity contribution in [1.29, 1.82) is 0 Å². The Kier molecular flexibility index (Phi) is 6.01. The number of carbonyl (C=O) groups is 1. The maximum atomic E-state index is 12.4. The first-order valence-electron chi connectivity index (χ1n) is 7.78. The Morgan fingerprint density at radius 3 is 2.65 bits per heavy atom. The van der Waals surface area contributed by atoms with Gasteiger partial charge in [0, 0.05) is 13.0 Å². The molecule has 23 heavy (non-hydrogen) atoms. The first kappa shape index (κ1) is 17.7. The minimum Gasteiger partial charge on any atom is -0.497 e. The van der Waals surface area contributed by atoms with Crippen molar-refractivity contribution < 1.29 is 17.9 Å². The number of hydrogen-bond acceptors (Lipinski definition) is 5. The summed E-state index contributed by atoms with van der Waals surface area (Å²) < 4.78 is 29.9. The Morgan fingerprint density at radius 2 is 2.04 bits per heavy atom. The number of piperidine rings is 1. The number of nitrogens with two attached hydrogens (primary N) is 1. The molecule has 1 aliphatic heterocycles. The van der Waals surface area contributed by atoms with Gasteiger partial charge in [0.25, 0.3) is 0 Å². The average Bonchev–Trinajstić information content (AvgIpc) is 2.54. The molecule has 1 amide bonds. The van der Waals surface area contributed by atoms with E-state index in [0.717, 1.165) is 25.9 Å². The number of sulfone groups is 1. The third-order valence-corrected chi connectivity index (χ3v) is 5.97. The van der Waals surface area contributed by atoms with Gasteiger partial charge in [-0.15, -0.1) is 0 Å². The van der Waals surface area contributed by atoms with Gasteiger partial charge in [0.05, 0.1) is 17.8 Å². The molecule has 0 spiro atoms. The van der Waals surface area contributed by atoms with E-state index in [-0.39, 0.29) is 11.7 Å². The van der Waals surface area contributed by atoms with Crippen molar-refractivity contribution in [3.8, 4) is 5.75 Å². The van der Waals surface area contributed by atoms with E-state index in [1.165, 1.54) is 7.11 Å². The number of ether oxygens (including phenoxy) is 1. The van der Waals surface area contributed by atoms with Crippen LogP contribution in [-0.2, 0) is 14.6 Å². The van der Waals surface area contributed by atoms with E-state index in [4.69, 9.17) is 10.5 Å². The lowest BCUT2D eigenvalue weighted by molar-refractivity contribution is -0.119. The number of carbonyl (C=O) groups excluding carboxylic acids is 1. The Balaban J connectivity index is 1.87. The fourth-order valence-corrected chi connectivity index (χ4v) is 4.18. The molecular formula is C16H24N2O4S.